The quantitative estimate of drug-likeness (QED) is 0.414. The van der Waals surface area contributed by atoms with Gasteiger partial charge in [-0.1, -0.05) is 41.9 Å². The van der Waals surface area contributed by atoms with E-state index >= 15 is 0 Å². The third-order valence-corrected chi connectivity index (χ3v) is 4.58. The molecule has 4 rings (SSSR count). The van der Waals surface area contributed by atoms with Crippen LogP contribution in [0.25, 0.3) is 11.6 Å². The van der Waals surface area contributed by atoms with Gasteiger partial charge in [-0.25, -0.2) is 0 Å². The summed E-state index contributed by atoms with van der Waals surface area (Å²) >= 11 is 5.92. The fraction of sp³-hybridized carbons (Fsp3) is 0.0870. The van der Waals surface area contributed by atoms with Gasteiger partial charge in [-0.05, 0) is 53.6 Å². The lowest BCUT2D eigenvalue weighted by Crippen LogP contribution is -1.97. The monoisotopic (exact) mass is 389 g/mol. The fourth-order valence-corrected chi connectivity index (χ4v) is 3.00. The Kier molecular flexibility index (Phi) is 5.18. The minimum atomic E-state index is 0.200. The number of halogens is 1. The molecule has 5 heteroatoms. The minimum Gasteiger partial charge on any atom is -0.488 e. The zero-order valence-electron chi connectivity index (χ0n) is 14.9. The van der Waals surface area contributed by atoms with E-state index in [1.54, 1.807) is 0 Å². The number of nitrogens with zero attached hydrogens (tertiary/aromatic N) is 1. The van der Waals surface area contributed by atoms with Crippen LogP contribution >= 0.6 is 11.6 Å². The highest BCUT2D eigenvalue weighted by atomic mass is 35.5. The van der Waals surface area contributed by atoms with Gasteiger partial charge in [0, 0.05) is 10.6 Å². The molecule has 0 aromatic heterocycles. The van der Waals surface area contributed by atoms with Crippen LogP contribution < -0.4 is 14.2 Å². The lowest BCUT2D eigenvalue weighted by atomic mass is 10.0. The Morgan fingerprint density at radius 3 is 2.64 bits per heavy atom. The predicted molar refractivity (Wildman–Crippen MR) is 108 cm³/mol. The molecule has 0 radical (unpaired) electrons. The van der Waals surface area contributed by atoms with Gasteiger partial charge in [0.25, 0.3) is 0 Å². The van der Waals surface area contributed by atoms with Gasteiger partial charge in [0.15, 0.2) is 11.5 Å². The molecule has 138 valence electrons. The molecule has 1 heterocycles. The molecule has 28 heavy (non-hydrogen) atoms. The zero-order valence-corrected chi connectivity index (χ0v) is 15.6. The maximum Gasteiger partial charge on any atom is 0.231 e. The highest BCUT2D eigenvalue weighted by molar-refractivity contribution is 6.30. The Labute approximate surface area is 168 Å². The van der Waals surface area contributed by atoms with Gasteiger partial charge >= 0.3 is 0 Å². The van der Waals surface area contributed by atoms with Crippen molar-refractivity contribution in [1.82, 2.24) is 0 Å². The van der Waals surface area contributed by atoms with Crippen molar-refractivity contribution in [2.45, 2.75) is 6.61 Å². The molecule has 0 N–H and O–H groups in total. The van der Waals surface area contributed by atoms with E-state index in [1.165, 1.54) is 0 Å². The van der Waals surface area contributed by atoms with Crippen LogP contribution in [0.5, 0.6) is 17.2 Å². The van der Waals surface area contributed by atoms with Gasteiger partial charge in [0.1, 0.15) is 12.4 Å². The molecule has 0 unspecified atom stereocenters. The number of nitriles is 1. The Bertz CT molecular complexity index is 1070. The van der Waals surface area contributed by atoms with Crippen molar-refractivity contribution in [3.63, 3.8) is 0 Å². The molecular weight excluding hydrogens is 374 g/mol. The van der Waals surface area contributed by atoms with E-state index in [1.807, 2.05) is 72.8 Å². The Morgan fingerprint density at radius 1 is 1.04 bits per heavy atom. The topological polar surface area (TPSA) is 51.5 Å². The number of hydrogen-bond donors (Lipinski definition) is 0. The maximum atomic E-state index is 9.67. The third kappa shape index (κ3) is 3.95. The summed E-state index contributed by atoms with van der Waals surface area (Å²) in [5.41, 5.74) is 3.12. The molecule has 0 saturated carbocycles. The molecule has 0 atom stereocenters. The molecule has 0 amide bonds. The van der Waals surface area contributed by atoms with Crippen molar-refractivity contribution in [3.8, 4) is 23.3 Å². The standard InChI is InChI=1S/C23H16ClNO3/c24-20-8-5-16(6-9-20)14-26-21-4-2-1-3-18(21)11-19(13-25)17-7-10-22-23(12-17)28-15-27-22/h1-12H,14-15H2/b19-11-. The Balaban J connectivity index is 1.59. The molecule has 0 aliphatic carbocycles. The van der Waals surface area contributed by atoms with E-state index in [4.69, 9.17) is 25.8 Å². The van der Waals surface area contributed by atoms with Gasteiger partial charge in [-0.15, -0.1) is 0 Å². The molecule has 0 spiro atoms. The summed E-state index contributed by atoms with van der Waals surface area (Å²) in [5.74, 6) is 2.03. The van der Waals surface area contributed by atoms with Crippen LogP contribution in [-0.4, -0.2) is 6.79 Å². The predicted octanol–water partition coefficient (Wildman–Crippen LogP) is 5.71. The first-order valence-electron chi connectivity index (χ1n) is 8.71. The average Bonchev–Trinajstić information content (AvgIpc) is 3.20. The van der Waals surface area contributed by atoms with E-state index in [9.17, 15) is 5.26 Å². The van der Waals surface area contributed by atoms with Crippen LogP contribution in [0.4, 0.5) is 0 Å². The number of rotatable bonds is 5. The summed E-state index contributed by atoms with van der Waals surface area (Å²) in [6.07, 6.45) is 1.81. The summed E-state index contributed by atoms with van der Waals surface area (Å²) < 4.78 is 16.7. The van der Waals surface area contributed by atoms with Crippen LogP contribution in [0, 0.1) is 11.3 Å². The van der Waals surface area contributed by atoms with Gasteiger partial charge in [-0.2, -0.15) is 5.26 Å². The SMILES string of the molecule is N#C/C(=C/c1ccccc1OCc1ccc(Cl)cc1)c1ccc2c(c1)OCO2. The first-order valence-corrected chi connectivity index (χ1v) is 9.09. The zero-order chi connectivity index (χ0) is 19.3. The van der Waals surface area contributed by atoms with Crippen molar-refractivity contribution < 1.29 is 14.2 Å². The molecule has 1 aliphatic heterocycles. The van der Waals surface area contributed by atoms with Crippen molar-refractivity contribution >= 4 is 23.3 Å². The molecule has 1 aliphatic rings. The summed E-state index contributed by atoms with van der Waals surface area (Å²) in [6, 6.07) is 22.9. The van der Waals surface area contributed by atoms with Crippen LogP contribution in [0.15, 0.2) is 66.7 Å². The molecular formula is C23H16ClNO3. The lowest BCUT2D eigenvalue weighted by molar-refractivity contribution is 0.174. The molecule has 0 saturated heterocycles. The Hall–Kier alpha value is -3.42. The van der Waals surface area contributed by atoms with Gasteiger partial charge in [0.05, 0.1) is 11.6 Å². The van der Waals surface area contributed by atoms with Crippen molar-refractivity contribution in [3.05, 3.63) is 88.4 Å². The summed E-state index contributed by atoms with van der Waals surface area (Å²) in [6.45, 7) is 0.611. The van der Waals surface area contributed by atoms with Gasteiger partial charge in [-0.3, -0.25) is 0 Å². The number of fused-ring (bicyclic) bond motifs is 1. The second-order valence-corrected chi connectivity index (χ2v) is 6.63. The minimum absolute atomic E-state index is 0.200. The van der Waals surface area contributed by atoms with E-state index in [0.717, 1.165) is 16.7 Å². The fourth-order valence-electron chi connectivity index (χ4n) is 2.87. The summed E-state index contributed by atoms with van der Waals surface area (Å²) in [4.78, 5) is 0. The molecule has 4 nitrogen and oxygen atoms in total. The van der Waals surface area contributed by atoms with Crippen molar-refractivity contribution in [2.75, 3.05) is 6.79 Å². The highest BCUT2D eigenvalue weighted by Gasteiger charge is 2.15. The van der Waals surface area contributed by atoms with E-state index in [0.29, 0.717) is 34.5 Å². The second kappa shape index (κ2) is 8.08. The number of allylic oxidation sites excluding steroid dienone is 1. The lowest BCUT2D eigenvalue weighted by Gasteiger charge is -2.10. The third-order valence-electron chi connectivity index (χ3n) is 4.33. The van der Waals surface area contributed by atoms with E-state index in [2.05, 4.69) is 6.07 Å². The van der Waals surface area contributed by atoms with Gasteiger partial charge in [0.2, 0.25) is 6.79 Å². The molecule has 3 aromatic carbocycles. The molecule has 3 aromatic rings. The van der Waals surface area contributed by atoms with E-state index in [-0.39, 0.29) is 6.79 Å². The van der Waals surface area contributed by atoms with Crippen LogP contribution in [0.2, 0.25) is 5.02 Å². The average molecular weight is 390 g/mol. The van der Waals surface area contributed by atoms with Crippen molar-refractivity contribution in [1.29, 1.82) is 5.26 Å². The van der Waals surface area contributed by atoms with Crippen LogP contribution in [-0.2, 0) is 6.61 Å². The molecule has 0 bridgehead atoms. The first kappa shape index (κ1) is 18.0. The summed E-state index contributed by atoms with van der Waals surface area (Å²) in [7, 11) is 0. The smallest absolute Gasteiger partial charge is 0.231 e. The largest absolute Gasteiger partial charge is 0.488 e. The number of para-hydroxylation sites is 1. The maximum absolute atomic E-state index is 9.67. The van der Waals surface area contributed by atoms with E-state index < -0.39 is 0 Å². The highest BCUT2D eigenvalue weighted by Crippen LogP contribution is 2.35. The Morgan fingerprint density at radius 2 is 1.82 bits per heavy atom. The van der Waals surface area contributed by atoms with Crippen LogP contribution in [0.3, 0.4) is 0 Å². The second-order valence-electron chi connectivity index (χ2n) is 6.19. The first-order chi connectivity index (χ1) is 13.7. The number of hydrogen-bond acceptors (Lipinski definition) is 4. The van der Waals surface area contributed by atoms with Crippen LogP contribution in [0.1, 0.15) is 16.7 Å². The number of ether oxygens (including phenoxy) is 3. The van der Waals surface area contributed by atoms with Gasteiger partial charge < -0.3 is 14.2 Å². The number of benzene rings is 3. The summed E-state index contributed by atoms with van der Waals surface area (Å²) in [5, 5.41) is 10.4. The normalized spacial score (nSPS) is 12.5. The van der Waals surface area contributed by atoms with Crippen molar-refractivity contribution in [2.24, 2.45) is 0 Å². The molecule has 0 fully saturated rings.